The van der Waals surface area contributed by atoms with Crippen molar-refractivity contribution in [2.75, 3.05) is 26.2 Å². The molecule has 2 aliphatic heterocycles. The number of hydrogen-bond acceptors (Lipinski definition) is 5. The van der Waals surface area contributed by atoms with Gasteiger partial charge in [0.15, 0.2) is 0 Å². The molecule has 0 aromatic rings. The third-order valence-electron chi connectivity index (χ3n) is 4.28. The molecule has 10 heteroatoms. The van der Waals surface area contributed by atoms with Gasteiger partial charge in [-0.1, -0.05) is 0 Å². The monoisotopic (exact) mass is 586 g/mol. The lowest BCUT2D eigenvalue weighted by Gasteiger charge is -2.26. The summed E-state index contributed by atoms with van der Waals surface area (Å²) in [7, 11) is 1.33. The van der Waals surface area contributed by atoms with E-state index in [1.54, 1.807) is 4.90 Å². The highest BCUT2D eigenvalue weighted by Gasteiger charge is 2.34. The number of nitrogens with zero attached hydrogens (tertiary/aromatic N) is 2. The van der Waals surface area contributed by atoms with Crippen molar-refractivity contribution in [3.63, 3.8) is 0 Å². The maximum atomic E-state index is 12.5. The Bertz CT molecular complexity index is 421. The van der Waals surface area contributed by atoms with E-state index in [2.05, 4.69) is 43.2 Å². The van der Waals surface area contributed by atoms with Gasteiger partial charge < -0.3 is 18.5 Å². The van der Waals surface area contributed by atoms with Crippen molar-refractivity contribution in [1.82, 2.24) is 9.80 Å². The first-order chi connectivity index (χ1) is 11.2. The number of halogens is 2. The lowest BCUT2D eigenvalue weighted by atomic mass is 10.1. The van der Waals surface area contributed by atoms with Gasteiger partial charge in [0.25, 0.3) is 0 Å². The maximum absolute atomic E-state index is 12.5. The van der Waals surface area contributed by atoms with Gasteiger partial charge in [-0.25, -0.2) is 0 Å². The van der Waals surface area contributed by atoms with Gasteiger partial charge in [-0.05, 0) is 47.7 Å². The van der Waals surface area contributed by atoms with E-state index in [0.29, 0.717) is 26.0 Å². The van der Waals surface area contributed by atoms with Crippen molar-refractivity contribution in [3.05, 3.63) is 0 Å². The van der Waals surface area contributed by atoms with Crippen LogP contribution in [0.4, 0.5) is 0 Å². The molecule has 0 saturated carbocycles. The van der Waals surface area contributed by atoms with E-state index in [-0.39, 0.29) is 30.5 Å². The average Bonchev–Trinajstić information content (AvgIpc) is 3.13. The normalized spacial score (nSPS) is 25.2. The summed E-state index contributed by atoms with van der Waals surface area (Å²) in [5.41, 5.74) is 0. The highest BCUT2D eigenvalue weighted by Crippen LogP contribution is 2.29. The summed E-state index contributed by atoms with van der Waals surface area (Å²) >= 11 is 4.30. The molecule has 132 valence electrons. The lowest BCUT2D eigenvalue weighted by Crippen LogP contribution is -2.43. The zero-order chi connectivity index (χ0) is 16.7. The number of carbonyl (C=O) groups excluding carboxylic acids is 2. The third kappa shape index (κ3) is 6.40. The minimum atomic E-state index is 0.0483. The van der Waals surface area contributed by atoms with Crippen LogP contribution in [-0.2, 0) is 18.3 Å². The van der Waals surface area contributed by atoms with Crippen LogP contribution >= 0.6 is 58.9 Å². The van der Waals surface area contributed by atoms with Crippen LogP contribution in [0.1, 0.15) is 32.1 Å². The molecule has 2 saturated heterocycles. The van der Waals surface area contributed by atoms with E-state index in [1.165, 1.54) is 9.21 Å². The molecule has 3 atom stereocenters. The zero-order valence-corrected chi connectivity index (χ0v) is 18.8. The highest BCUT2D eigenvalue weighted by molar-refractivity contribution is 14.2. The van der Waals surface area contributed by atoms with Crippen molar-refractivity contribution >= 4 is 70.7 Å². The molecule has 0 bridgehead atoms. The van der Waals surface area contributed by atoms with Crippen LogP contribution in [0.15, 0.2) is 0 Å². The second kappa shape index (κ2) is 10.9. The largest absolute Gasteiger partial charge is 0.347 e. The van der Waals surface area contributed by atoms with Crippen LogP contribution in [0.3, 0.4) is 0 Å². The average molecular weight is 586 g/mol. The van der Waals surface area contributed by atoms with Crippen molar-refractivity contribution < 1.29 is 18.3 Å². The van der Waals surface area contributed by atoms with Crippen molar-refractivity contribution in [2.24, 2.45) is 0 Å². The summed E-state index contributed by atoms with van der Waals surface area (Å²) in [5, 5.41) is 0. The minimum absolute atomic E-state index is 0.0483. The van der Waals surface area contributed by atoms with Gasteiger partial charge in [0.1, 0.15) is 6.54 Å². The Morgan fingerprint density at radius 3 is 3.00 bits per heavy atom. The van der Waals surface area contributed by atoms with Gasteiger partial charge in [-0.3, -0.25) is 9.59 Å². The molecule has 0 radical (unpaired) electrons. The van der Waals surface area contributed by atoms with E-state index in [0.717, 1.165) is 32.2 Å². The number of rotatable bonds is 9. The Morgan fingerprint density at radius 2 is 2.26 bits per heavy atom. The molecule has 2 aliphatic rings. The second-order valence-electron chi connectivity index (χ2n) is 5.69. The van der Waals surface area contributed by atoms with Crippen molar-refractivity contribution in [3.8, 4) is 0 Å². The second-order valence-corrected chi connectivity index (χ2v) is 8.84. The van der Waals surface area contributed by atoms with Crippen LogP contribution in [0.5, 0.6) is 0 Å². The first kappa shape index (κ1) is 20.4. The topological polar surface area (TPSA) is 59.1 Å². The molecule has 0 N–H and O–H groups in total. The molecule has 2 unspecified atom stereocenters. The van der Waals surface area contributed by atoms with E-state index < -0.39 is 0 Å². The number of likely N-dealkylation sites (tertiary alicyclic amines) is 2. The van der Waals surface area contributed by atoms with Gasteiger partial charge in [0, 0.05) is 46.8 Å². The molecule has 0 aromatic carbocycles. The van der Waals surface area contributed by atoms with Gasteiger partial charge in [0.2, 0.25) is 11.8 Å². The van der Waals surface area contributed by atoms with Crippen LogP contribution in [0.2, 0.25) is 0 Å². The summed E-state index contributed by atoms with van der Waals surface area (Å²) in [6, 6.07) is 0.180. The molecule has 0 spiro atoms. The van der Waals surface area contributed by atoms with Crippen molar-refractivity contribution in [2.45, 2.75) is 44.2 Å². The Morgan fingerprint density at radius 1 is 1.43 bits per heavy atom. The Balaban J connectivity index is 1.79. The number of carbonyl (C=O) groups is 2. The Labute approximate surface area is 168 Å². The van der Waals surface area contributed by atoms with E-state index in [4.69, 9.17) is 8.71 Å². The fourth-order valence-corrected chi connectivity index (χ4v) is 5.20. The Kier molecular flexibility index (Phi) is 9.72. The van der Waals surface area contributed by atoms with Gasteiger partial charge in [-0.15, -0.1) is 0 Å². The molecule has 2 fully saturated rings. The fraction of sp³-hybridized carbons (Fsp3) is 0.846. The van der Waals surface area contributed by atoms with E-state index in [1.807, 2.05) is 4.90 Å². The smallest absolute Gasteiger partial charge is 0.242 e. The summed E-state index contributed by atoms with van der Waals surface area (Å²) in [6.07, 6.45) is 4.27. The molecular formula is C13H21I2N2O4PS. The van der Waals surface area contributed by atoms with Gasteiger partial charge in [0.05, 0.1) is 28.4 Å². The van der Waals surface area contributed by atoms with Crippen molar-refractivity contribution in [1.29, 1.82) is 0 Å². The van der Waals surface area contributed by atoms with Crippen LogP contribution in [-0.4, -0.2) is 60.0 Å². The van der Waals surface area contributed by atoms with E-state index in [9.17, 15) is 9.59 Å². The van der Waals surface area contributed by atoms with E-state index >= 15 is 0 Å². The summed E-state index contributed by atoms with van der Waals surface area (Å²) in [5.74, 6) is 0.153. The molecule has 6 nitrogen and oxygen atoms in total. The summed E-state index contributed by atoms with van der Waals surface area (Å²) < 4.78 is 10.9. The fourth-order valence-electron chi connectivity index (χ4n) is 3.08. The number of hydrogen-bond donors (Lipinski definition) is 0. The first-order valence-corrected chi connectivity index (χ1v) is 14.9. The van der Waals surface area contributed by atoms with Crippen LogP contribution in [0.25, 0.3) is 0 Å². The SMILES string of the molecule is O=C(CN1C(=O)CCC1CCCOSI)N1CC[C@@H](OPI)C1. The molecule has 2 amide bonds. The molecule has 2 rings (SSSR count). The molecule has 2 heterocycles. The minimum Gasteiger partial charge on any atom is -0.347 e. The summed E-state index contributed by atoms with van der Waals surface area (Å²) in [4.78, 5) is 28.2. The zero-order valence-electron chi connectivity index (χ0n) is 12.7. The molecule has 23 heavy (non-hydrogen) atoms. The predicted molar refractivity (Wildman–Crippen MR) is 110 cm³/mol. The standard InChI is InChI=1S/C13H21I2N2O4PS/c14-22-21-11-5-6-16(8-11)13(19)9-17-10(3-4-12(17)18)2-1-7-20-23-15/h10-11,22H,1-9H2/t10?,11-/m1/s1. The lowest BCUT2D eigenvalue weighted by molar-refractivity contribution is -0.139. The highest BCUT2D eigenvalue weighted by atomic mass is 127. The molecular weight excluding hydrogens is 565 g/mol. The van der Waals surface area contributed by atoms with Crippen LogP contribution < -0.4 is 0 Å². The maximum Gasteiger partial charge on any atom is 0.242 e. The Hall–Kier alpha value is 1.10. The molecule has 0 aromatic heterocycles. The quantitative estimate of drug-likeness (QED) is 0.180. The van der Waals surface area contributed by atoms with Gasteiger partial charge in [-0.2, -0.15) is 0 Å². The predicted octanol–water partition coefficient (Wildman–Crippen LogP) is 3.33. The summed E-state index contributed by atoms with van der Waals surface area (Å²) in [6.45, 7) is 2.71. The first-order valence-electron chi connectivity index (χ1n) is 7.64. The third-order valence-corrected chi connectivity index (χ3v) is 6.48. The molecule has 0 aliphatic carbocycles. The van der Waals surface area contributed by atoms with Crippen LogP contribution in [0, 0.1) is 0 Å². The number of amides is 2. The van der Waals surface area contributed by atoms with Gasteiger partial charge >= 0.3 is 0 Å².